The van der Waals surface area contributed by atoms with Crippen molar-refractivity contribution in [3.05, 3.63) is 89.0 Å². The summed E-state index contributed by atoms with van der Waals surface area (Å²) in [6.45, 7) is 9.58. The van der Waals surface area contributed by atoms with Crippen LogP contribution in [0.2, 0.25) is 0 Å². The third kappa shape index (κ3) is 6.88. The molecule has 192 valence electrons. The second-order valence-electron chi connectivity index (χ2n) is 9.69. The minimum Gasteiger partial charge on any atom is -0.497 e. The highest BCUT2D eigenvalue weighted by molar-refractivity contribution is 7.92. The molecular weight excluding hydrogens is 472 g/mol. The van der Waals surface area contributed by atoms with Gasteiger partial charge in [-0.1, -0.05) is 49.7 Å². The topological polar surface area (TPSA) is 75.7 Å². The van der Waals surface area contributed by atoms with E-state index in [1.165, 1.54) is 4.31 Å². The molecule has 0 radical (unpaired) electrons. The molecule has 0 bridgehead atoms. The number of aryl methyl sites for hydroxylation is 3. The molecule has 36 heavy (non-hydrogen) atoms. The number of nitrogens with one attached hydrogen (secondary N) is 1. The number of nitrogens with zero attached hydrogens (tertiary/aromatic N) is 1. The molecule has 1 unspecified atom stereocenters. The first-order valence-corrected chi connectivity index (χ1v) is 13.5. The number of methoxy groups -OCH3 is 1. The van der Waals surface area contributed by atoms with Gasteiger partial charge < -0.3 is 10.1 Å². The summed E-state index contributed by atoms with van der Waals surface area (Å²) < 4.78 is 33.9. The quantitative estimate of drug-likeness (QED) is 0.380. The number of anilines is 1. The van der Waals surface area contributed by atoms with E-state index in [4.69, 9.17) is 4.74 Å². The Hall–Kier alpha value is -3.32. The number of benzene rings is 3. The van der Waals surface area contributed by atoms with Gasteiger partial charge in [-0.15, -0.1) is 0 Å². The van der Waals surface area contributed by atoms with Crippen molar-refractivity contribution in [3.63, 3.8) is 0 Å². The average Bonchev–Trinajstić information content (AvgIpc) is 2.81. The Morgan fingerprint density at radius 3 is 2.00 bits per heavy atom. The Balaban J connectivity index is 1.95. The van der Waals surface area contributed by atoms with E-state index < -0.39 is 10.0 Å². The fourth-order valence-electron chi connectivity index (χ4n) is 4.20. The normalized spacial score (nSPS) is 12.3. The molecule has 0 aliphatic heterocycles. The van der Waals surface area contributed by atoms with Crippen LogP contribution in [0.25, 0.3) is 0 Å². The third-order valence-electron chi connectivity index (χ3n) is 5.95. The Bertz CT molecular complexity index is 1260. The van der Waals surface area contributed by atoms with Crippen LogP contribution in [0.4, 0.5) is 5.69 Å². The van der Waals surface area contributed by atoms with Gasteiger partial charge in [-0.05, 0) is 86.2 Å². The Labute approximate surface area is 215 Å². The van der Waals surface area contributed by atoms with Gasteiger partial charge in [0, 0.05) is 0 Å². The van der Waals surface area contributed by atoms with Gasteiger partial charge in [0.15, 0.2) is 0 Å². The fourth-order valence-corrected chi connectivity index (χ4v) is 5.61. The molecule has 0 aliphatic carbocycles. The van der Waals surface area contributed by atoms with Crippen molar-refractivity contribution >= 4 is 21.6 Å². The van der Waals surface area contributed by atoms with Crippen LogP contribution in [0.15, 0.2) is 71.6 Å². The standard InChI is InChI=1S/C29H36N2O4S/c1-20(2)15-28(24-9-11-26(35-6)12-10-24)30-29(32)19-31(25-17-22(4)16-23(5)18-25)36(33,34)27-13-7-21(3)8-14-27/h7-14,16-18,20,28H,15,19H2,1-6H3,(H,30,32). The smallest absolute Gasteiger partial charge is 0.264 e. The van der Waals surface area contributed by atoms with E-state index in [1.54, 1.807) is 43.5 Å². The van der Waals surface area contributed by atoms with Gasteiger partial charge >= 0.3 is 0 Å². The van der Waals surface area contributed by atoms with Crippen LogP contribution in [-0.4, -0.2) is 28.0 Å². The molecule has 0 fully saturated rings. The highest BCUT2D eigenvalue weighted by atomic mass is 32.2. The molecule has 0 spiro atoms. The molecule has 0 aliphatic rings. The van der Waals surface area contributed by atoms with Crippen molar-refractivity contribution in [2.24, 2.45) is 5.92 Å². The molecule has 0 saturated heterocycles. The lowest BCUT2D eigenvalue weighted by Gasteiger charge is -2.27. The molecule has 1 N–H and O–H groups in total. The van der Waals surface area contributed by atoms with E-state index in [1.807, 2.05) is 51.1 Å². The Morgan fingerprint density at radius 2 is 1.47 bits per heavy atom. The molecule has 3 rings (SSSR count). The van der Waals surface area contributed by atoms with Gasteiger partial charge in [0.05, 0.1) is 23.7 Å². The van der Waals surface area contributed by atoms with Crippen molar-refractivity contribution in [1.82, 2.24) is 5.32 Å². The first-order valence-electron chi connectivity index (χ1n) is 12.1. The van der Waals surface area contributed by atoms with E-state index in [-0.39, 0.29) is 23.4 Å². The number of ether oxygens (including phenoxy) is 1. The number of carbonyl (C=O) groups is 1. The first kappa shape index (κ1) is 27.3. The lowest BCUT2D eigenvalue weighted by atomic mass is 9.97. The van der Waals surface area contributed by atoms with Crippen LogP contribution in [0.3, 0.4) is 0 Å². The van der Waals surface area contributed by atoms with E-state index >= 15 is 0 Å². The summed E-state index contributed by atoms with van der Waals surface area (Å²) in [5.74, 6) is 0.689. The summed E-state index contributed by atoms with van der Waals surface area (Å²) in [7, 11) is -2.37. The lowest BCUT2D eigenvalue weighted by molar-refractivity contribution is -0.120. The van der Waals surface area contributed by atoms with Crippen LogP contribution >= 0.6 is 0 Å². The molecule has 1 amide bonds. The zero-order valence-corrected chi connectivity index (χ0v) is 22.7. The number of rotatable bonds is 10. The highest BCUT2D eigenvalue weighted by Gasteiger charge is 2.28. The maximum Gasteiger partial charge on any atom is 0.264 e. The summed E-state index contributed by atoms with van der Waals surface area (Å²) in [6.07, 6.45) is 0.715. The second kappa shape index (κ2) is 11.6. The molecule has 0 aromatic heterocycles. The second-order valence-corrected chi connectivity index (χ2v) is 11.6. The van der Waals surface area contributed by atoms with Gasteiger partial charge in [-0.2, -0.15) is 0 Å². The van der Waals surface area contributed by atoms with E-state index in [0.29, 0.717) is 18.0 Å². The number of amides is 1. The maximum absolute atomic E-state index is 13.7. The van der Waals surface area contributed by atoms with Crippen molar-refractivity contribution < 1.29 is 17.9 Å². The lowest BCUT2D eigenvalue weighted by Crippen LogP contribution is -2.42. The zero-order valence-electron chi connectivity index (χ0n) is 21.9. The molecule has 1 atom stereocenters. The number of hydrogen-bond acceptors (Lipinski definition) is 4. The molecular formula is C29H36N2O4S. The zero-order chi connectivity index (χ0) is 26.5. The molecule has 0 saturated carbocycles. The number of carbonyl (C=O) groups excluding carboxylic acids is 1. The predicted octanol–water partition coefficient (Wildman–Crippen LogP) is 5.72. The van der Waals surface area contributed by atoms with Crippen LogP contribution in [-0.2, 0) is 14.8 Å². The summed E-state index contributed by atoms with van der Waals surface area (Å²) >= 11 is 0. The van der Waals surface area contributed by atoms with Gasteiger partial charge in [-0.3, -0.25) is 9.10 Å². The summed E-state index contributed by atoms with van der Waals surface area (Å²) in [5, 5.41) is 3.08. The van der Waals surface area contributed by atoms with Gasteiger partial charge in [-0.25, -0.2) is 8.42 Å². The van der Waals surface area contributed by atoms with Crippen LogP contribution in [0.5, 0.6) is 5.75 Å². The number of hydrogen-bond donors (Lipinski definition) is 1. The molecule has 3 aromatic carbocycles. The van der Waals surface area contributed by atoms with Gasteiger partial charge in [0.25, 0.3) is 10.0 Å². The maximum atomic E-state index is 13.7. The van der Waals surface area contributed by atoms with E-state index in [2.05, 4.69) is 19.2 Å². The van der Waals surface area contributed by atoms with Crippen molar-refractivity contribution in [2.45, 2.75) is 52.0 Å². The fraction of sp³-hybridized carbons (Fsp3) is 0.345. The minimum atomic E-state index is -3.98. The average molecular weight is 509 g/mol. The SMILES string of the molecule is COc1ccc(C(CC(C)C)NC(=O)CN(c2cc(C)cc(C)c2)S(=O)(=O)c2ccc(C)cc2)cc1. The van der Waals surface area contributed by atoms with Crippen LogP contribution in [0, 0.1) is 26.7 Å². The molecule has 6 nitrogen and oxygen atoms in total. The van der Waals surface area contributed by atoms with Crippen molar-refractivity contribution in [3.8, 4) is 5.75 Å². The molecule has 0 heterocycles. The third-order valence-corrected chi connectivity index (χ3v) is 7.74. The van der Waals surface area contributed by atoms with Crippen molar-refractivity contribution in [1.29, 1.82) is 0 Å². The summed E-state index contributed by atoms with van der Waals surface area (Å²) in [6, 6.07) is 19.6. The van der Waals surface area contributed by atoms with E-state index in [0.717, 1.165) is 28.0 Å². The highest BCUT2D eigenvalue weighted by Crippen LogP contribution is 2.27. The van der Waals surface area contributed by atoms with E-state index in [9.17, 15) is 13.2 Å². The Morgan fingerprint density at radius 1 is 0.889 bits per heavy atom. The summed E-state index contributed by atoms with van der Waals surface area (Å²) in [5.41, 5.74) is 4.21. The molecule has 3 aromatic rings. The number of sulfonamides is 1. The van der Waals surface area contributed by atoms with Crippen LogP contribution < -0.4 is 14.4 Å². The van der Waals surface area contributed by atoms with Crippen molar-refractivity contribution in [2.75, 3.05) is 18.0 Å². The van der Waals surface area contributed by atoms with Gasteiger partial charge in [0.2, 0.25) is 5.91 Å². The largest absolute Gasteiger partial charge is 0.497 e. The Kier molecular flexibility index (Phi) is 8.79. The molecule has 7 heteroatoms. The van der Waals surface area contributed by atoms with Gasteiger partial charge in [0.1, 0.15) is 12.3 Å². The predicted molar refractivity (Wildman–Crippen MR) is 145 cm³/mol. The minimum absolute atomic E-state index is 0.147. The monoisotopic (exact) mass is 508 g/mol. The van der Waals surface area contributed by atoms with Crippen LogP contribution in [0.1, 0.15) is 48.6 Å². The first-order chi connectivity index (χ1) is 17.0. The summed E-state index contributed by atoms with van der Waals surface area (Å²) in [4.78, 5) is 13.5.